The summed E-state index contributed by atoms with van der Waals surface area (Å²) in [7, 11) is 0. The summed E-state index contributed by atoms with van der Waals surface area (Å²) >= 11 is 0. The smallest absolute Gasteiger partial charge is 0.329 e. The minimum Gasteiger partial charge on any atom is -0.480 e. The van der Waals surface area contributed by atoms with Gasteiger partial charge < -0.3 is 14.7 Å². The number of hydrogen-bond donors (Lipinski definition) is 1. The molecule has 0 aliphatic carbocycles. The number of aliphatic carboxylic acids is 1. The molecule has 0 bridgehead atoms. The van der Waals surface area contributed by atoms with Crippen molar-refractivity contribution in [3.8, 4) is 0 Å². The summed E-state index contributed by atoms with van der Waals surface area (Å²) in [4.78, 5) is 24.3. The van der Waals surface area contributed by atoms with Crippen LogP contribution in [0.25, 0.3) is 0 Å². The Balaban J connectivity index is 2.30. The van der Waals surface area contributed by atoms with Crippen molar-refractivity contribution >= 4 is 11.9 Å². The Morgan fingerprint density at radius 3 is 2.50 bits per heavy atom. The molecular weight excluding hydrogens is 234 g/mol. The first-order chi connectivity index (χ1) is 8.54. The van der Waals surface area contributed by atoms with Crippen LogP contribution in [0, 0.1) is 5.92 Å². The van der Waals surface area contributed by atoms with Crippen LogP contribution in [0.15, 0.2) is 0 Å². The van der Waals surface area contributed by atoms with Crippen molar-refractivity contribution in [1.29, 1.82) is 0 Å². The Kier molecular flexibility index (Phi) is 6.12. The molecule has 0 aromatic heterocycles. The first-order valence-corrected chi connectivity index (χ1v) is 6.66. The Morgan fingerprint density at radius 2 is 2.00 bits per heavy atom. The van der Waals surface area contributed by atoms with Gasteiger partial charge in [0, 0.05) is 19.0 Å². The zero-order valence-electron chi connectivity index (χ0n) is 11.2. The van der Waals surface area contributed by atoms with Crippen LogP contribution in [0.1, 0.15) is 39.5 Å². The monoisotopic (exact) mass is 257 g/mol. The van der Waals surface area contributed by atoms with Gasteiger partial charge in [0.05, 0.1) is 6.10 Å². The quantitative estimate of drug-likeness (QED) is 0.783. The van der Waals surface area contributed by atoms with E-state index in [0.717, 1.165) is 25.7 Å². The van der Waals surface area contributed by atoms with Gasteiger partial charge in [-0.2, -0.15) is 0 Å². The normalized spacial score (nSPS) is 18.7. The van der Waals surface area contributed by atoms with Crippen molar-refractivity contribution in [3.63, 3.8) is 0 Å². The van der Waals surface area contributed by atoms with Crippen molar-refractivity contribution in [2.45, 2.75) is 45.6 Å². The second-order valence-electron chi connectivity index (χ2n) is 4.92. The van der Waals surface area contributed by atoms with E-state index in [1.165, 1.54) is 0 Å². The molecule has 1 unspecified atom stereocenters. The summed E-state index contributed by atoms with van der Waals surface area (Å²) in [5, 5.41) is 8.53. The summed E-state index contributed by atoms with van der Waals surface area (Å²) < 4.78 is 5.24. The average Bonchev–Trinajstić information content (AvgIpc) is 2.36. The highest BCUT2D eigenvalue weighted by Crippen LogP contribution is 2.17. The van der Waals surface area contributed by atoms with Gasteiger partial charge in [0.1, 0.15) is 6.61 Å². The predicted octanol–water partition coefficient (Wildman–Crippen LogP) is 1.51. The topological polar surface area (TPSA) is 66.8 Å². The van der Waals surface area contributed by atoms with E-state index < -0.39 is 5.97 Å². The van der Waals surface area contributed by atoms with Gasteiger partial charge in [-0.3, -0.25) is 4.79 Å². The van der Waals surface area contributed by atoms with Gasteiger partial charge in [0.2, 0.25) is 5.91 Å². The molecular formula is C13H23NO4. The Labute approximate surface area is 108 Å². The van der Waals surface area contributed by atoms with Crippen molar-refractivity contribution in [3.05, 3.63) is 0 Å². The number of ether oxygens (including phenoxy) is 1. The summed E-state index contributed by atoms with van der Waals surface area (Å²) in [5.74, 6) is -0.634. The Morgan fingerprint density at radius 1 is 1.39 bits per heavy atom. The van der Waals surface area contributed by atoms with E-state index in [1.54, 1.807) is 0 Å². The number of carboxylic acid groups (broad SMARTS) is 1. The van der Waals surface area contributed by atoms with Gasteiger partial charge in [0.25, 0.3) is 0 Å². The molecule has 0 aromatic rings. The van der Waals surface area contributed by atoms with E-state index >= 15 is 0 Å². The van der Waals surface area contributed by atoms with Crippen LogP contribution in [0.3, 0.4) is 0 Å². The van der Waals surface area contributed by atoms with E-state index in [9.17, 15) is 9.59 Å². The second-order valence-corrected chi connectivity index (χ2v) is 4.92. The Hall–Kier alpha value is -1.10. The standard InChI is InChI=1S/C13H23NO4/c1-3-4-10(2)13(17)14-7-5-11(6-8-14)18-9-12(15)16/h10-11H,3-9H2,1-2H3,(H,15,16). The molecule has 1 atom stereocenters. The molecule has 18 heavy (non-hydrogen) atoms. The molecule has 5 nitrogen and oxygen atoms in total. The van der Waals surface area contributed by atoms with E-state index in [1.807, 2.05) is 11.8 Å². The van der Waals surface area contributed by atoms with Crippen molar-refractivity contribution in [2.75, 3.05) is 19.7 Å². The van der Waals surface area contributed by atoms with E-state index in [-0.39, 0.29) is 24.5 Å². The van der Waals surface area contributed by atoms with Gasteiger partial charge in [-0.25, -0.2) is 4.79 Å². The maximum Gasteiger partial charge on any atom is 0.329 e. The summed E-state index contributed by atoms with van der Waals surface area (Å²) in [6, 6.07) is 0. The molecule has 0 radical (unpaired) electrons. The fraction of sp³-hybridized carbons (Fsp3) is 0.846. The fourth-order valence-electron chi connectivity index (χ4n) is 2.30. The molecule has 0 saturated carbocycles. The van der Waals surface area contributed by atoms with Gasteiger partial charge in [-0.15, -0.1) is 0 Å². The largest absolute Gasteiger partial charge is 0.480 e. The van der Waals surface area contributed by atoms with E-state index in [4.69, 9.17) is 9.84 Å². The number of piperidine rings is 1. The molecule has 1 aliphatic heterocycles. The van der Waals surface area contributed by atoms with Crippen LogP contribution in [0.2, 0.25) is 0 Å². The second kappa shape index (κ2) is 7.36. The molecule has 1 N–H and O–H groups in total. The lowest BCUT2D eigenvalue weighted by Gasteiger charge is -2.33. The molecule has 1 aliphatic rings. The fourth-order valence-corrected chi connectivity index (χ4v) is 2.30. The maximum atomic E-state index is 12.1. The molecule has 0 aromatic carbocycles. The van der Waals surface area contributed by atoms with Gasteiger partial charge in [-0.1, -0.05) is 20.3 Å². The molecule has 1 heterocycles. The Bertz CT molecular complexity index is 285. The minimum absolute atomic E-state index is 0.0216. The van der Waals surface area contributed by atoms with Crippen molar-refractivity contribution in [1.82, 2.24) is 4.90 Å². The van der Waals surface area contributed by atoms with E-state index in [0.29, 0.717) is 13.1 Å². The molecule has 1 rings (SSSR count). The number of nitrogens with zero attached hydrogens (tertiary/aromatic N) is 1. The maximum absolute atomic E-state index is 12.1. The third kappa shape index (κ3) is 4.64. The third-order valence-corrected chi connectivity index (χ3v) is 3.34. The van der Waals surface area contributed by atoms with Crippen LogP contribution in [0.4, 0.5) is 0 Å². The third-order valence-electron chi connectivity index (χ3n) is 3.34. The summed E-state index contributed by atoms with van der Waals surface area (Å²) in [5.41, 5.74) is 0. The zero-order valence-corrected chi connectivity index (χ0v) is 11.2. The number of carbonyl (C=O) groups is 2. The van der Waals surface area contributed by atoms with Crippen LogP contribution < -0.4 is 0 Å². The molecule has 5 heteroatoms. The molecule has 0 spiro atoms. The number of rotatable bonds is 6. The molecule has 1 fully saturated rings. The number of carboxylic acids is 1. The number of amides is 1. The first-order valence-electron chi connectivity index (χ1n) is 6.66. The van der Waals surface area contributed by atoms with Gasteiger partial charge in [0.15, 0.2) is 0 Å². The lowest BCUT2D eigenvalue weighted by molar-refractivity contribution is -0.147. The summed E-state index contributed by atoms with van der Waals surface area (Å²) in [6.45, 7) is 5.16. The van der Waals surface area contributed by atoms with Crippen LogP contribution in [-0.2, 0) is 14.3 Å². The first kappa shape index (κ1) is 15.0. The van der Waals surface area contributed by atoms with Crippen LogP contribution in [-0.4, -0.2) is 47.7 Å². The predicted molar refractivity (Wildman–Crippen MR) is 67.3 cm³/mol. The zero-order chi connectivity index (χ0) is 13.5. The number of hydrogen-bond acceptors (Lipinski definition) is 3. The molecule has 1 amide bonds. The highest BCUT2D eigenvalue weighted by molar-refractivity contribution is 5.78. The lowest BCUT2D eigenvalue weighted by Crippen LogP contribution is -2.43. The highest BCUT2D eigenvalue weighted by Gasteiger charge is 2.26. The van der Waals surface area contributed by atoms with Crippen LogP contribution >= 0.6 is 0 Å². The van der Waals surface area contributed by atoms with Crippen molar-refractivity contribution in [2.24, 2.45) is 5.92 Å². The SMILES string of the molecule is CCCC(C)C(=O)N1CCC(OCC(=O)O)CC1. The number of carbonyl (C=O) groups excluding carboxylic acids is 1. The molecule has 1 saturated heterocycles. The highest BCUT2D eigenvalue weighted by atomic mass is 16.5. The number of likely N-dealkylation sites (tertiary alicyclic amines) is 1. The molecule has 104 valence electrons. The minimum atomic E-state index is -0.940. The lowest BCUT2D eigenvalue weighted by atomic mass is 10.0. The van der Waals surface area contributed by atoms with Gasteiger partial charge >= 0.3 is 5.97 Å². The van der Waals surface area contributed by atoms with Crippen LogP contribution in [0.5, 0.6) is 0 Å². The average molecular weight is 257 g/mol. The van der Waals surface area contributed by atoms with Gasteiger partial charge in [-0.05, 0) is 19.3 Å². The van der Waals surface area contributed by atoms with Crippen molar-refractivity contribution < 1.29 is 19.4 Å². The van der Waals surface area contributed by atoms with E-state index in [2.05, 4.69) is 6.92 Å². The summed E-state index contributed by atoms with van der Waals surface area (Å²) in [6.07, 6.45) is 3.39.